The van der Waals surface area contributed by atoms with Gasteiger partial charge in [-0.3, -0.25) is 9.59 Å². The molecule has 0 aromatic heterocycles. The van der Waals surface area contributed by atoms with Crippen molar-refractivity contribution in [3.05, 3.63) is 59.2 Å². The van der Waals surface area contributed by atoms with E-state index in [-0.39, 0.29) is 24.2 Å². The summed E-state index contributed by atoms with van der Waals surface area (Å²) >= 11 is 0. The van der Waals surface area contributed by atoms with E-state index >= 15 is 0 Å². The van der Waals surface area contributed by atoms with Crippen LogP contribution in [0.2, 0.25) is 0 Å². The Hall–Kier alpha value is -2.82. The van der Waals surface area contributed by atoms with E-state index in [1.165, 1.54) is 11.1 Å². The van der Waals surface area contributed by atoms with Crippen LogP contribution in [0.15, 0.2) is 42.5 Å². The van der Waals surface area contributed by atoms with Crippen molar-refractivity contribution in [3.8, 4) is 5.75 Å². The van der Waals surface area contributed by atoms with E-state index < -0.39 is 0 Å². The van der Waals surface area contributed by atoms with Crippen molar-refractivity contribution in [1.29, 1.82) is 0 Å². The maximum Gasteiger partial charge on any atom is 0.232 e. The molecule has 0 saturated carbocycles. The van der Waals surface area contributed by atoms with Crippen molar-refractivity contribution in [2.75, 3.05) is 25.1 Å². The van der Waals surface area contributed by atoms with Crippen molar-refractivity contribution < 1.29 is 14.3 Å². The van der Waals surface area contributed by atoms with E-state index in [1.54, 1.807) is 12.0 Å². The number of rotatable bonds is 4. The number of nitrogens with zero attached hydrogens (tertiary/aromatic N) is 2. The van der Waals surface area contributed by atoms with Crippen molar-refractivity contribution in [3.63, 3.8) is 0 Å². The summed E-state index contributed by atoms with van der Waals surface area (Å²) in [6, 6.07) is 13.9. The lowest BCUT2D eigenvalue weighted by Gasteiger charge is -2.33. The SMILES string of the molecule is COc1ccc(C)c2c1N(C(=O)C1CC(=O)N(Cc3ccccc3)C1)CCC2. The molecule has 2 aromatic carbocycles. The number of benzene rings is 2. The largest absolute Gasteiger partial charge is 0.495 e. The van der Waals surface area contributed by atoms with Crippen LogP contribution in [0.25, 0.3) is 0 Å². The first-order valence-corrected chi connectivity index (χ1v) is 9.88. The van der Waals surface area contributed by atoms with E-state index in [9.17, 15) is 9.59 Å². The molecular weight excluding hydrogens is 352 g/mol. The minimum Gasteiger partial charge on any atom is -0.495 e. The molecule has 0 bridgehead atoms. The smallest absolute Gasteiger partial charge is 0.232 e. The molecule has 4 rings (SSSR count). The summed E-state index contributed by atoms with van der Waals surface area (Å²) in [5, 5.41) is 0. The number of amides is 2. The molecule has 2 amide bonds. The quantitative estimate of drug-likeness (QED) is 0.820. The van der Waals surface area contributed by atoms with Crippen LogP contribution in [-0.2, 0) is 22.6 Å². The third kappa shape index (κ3) is 3.37. The fourth-order valence-electron chi connectivity index (χ4n) is 4.35. The molecule has 1 fully saturated rings. The molecule has 1 atom stereocenters. The number of fused-ring (bicyclic) bond motifs is 1. The maximum absolute atomic E-state index is 13.4. The van der Waals surface area contributed by atoms with E-state index in [1.807, 2.05) is 47.4 Å². The second kappa shape index (κ2) is 7.66. The first-order valence-electron chi connectivity index (χ1n) is 9.88. The maximum atomic E-state index is 13.4. The Morgan fingerprint density at radius 2 is 1.96 bits per heavy atom. The van der Waals surface area contributed by atoms with Crippen LogP contribution >= 0.6 is 0 Å². The zero-order valence-corrected chi connectivity index (χ0v) is 16.5. The van der Waals surface area contributed by atoms with Crippen LogP contribution in [0, 0.1) is 12.8 Å². The van der Waals surface area contributed by atoms with Crippen molar-refractivity contribution in [2.24, 2.45) is 5.92 Å². The van der Waals surface area contributed by atoms with Crippen LogP contribution in [0.3, 0.4) is 0 Å². The molecule has 146 valence electrons. The number of ether oxygens (including phenoxy) is 1. The van der Waals surface area contributed by atoms with Crippen LogP contribution in [-0.4, -0.2) is 36.9 Å². The first-order chi connectivity index (χ1) is 13.6. The van der Waals surface area contributed by atoms with Crippen LogP contribution in [0.1, 0.15) is 29.5 Å². The summed E-state index contributed by atoms with van der Waals surface area (Å²) in [7, 11) is 1.64. The molecule has 2 aromatic rings. The Morgan fingerprint density at radius 3 is 2.71 bits per heavy atom. The highest BCUT2D eigenvalue weighted by molar-refractivity contribution is 6.01. The van der Waals surface area contributed by atoms with Crippen LogP contribution in [0.4, 0.5) is 5.69 Å². The van der Waals surface area contributed by atoms with Gasteiger partial charge in [0.1, 0.15) is 5.75 Å². The fourth-order valence-corrected chi connectivity index (χ4v) is 4.35. The van der Waals surface area contributed by atoms with Crippen molar-refractivity contribution >= 4 is 17.5 Å². The summed E-state index contributed by atoms with van der Waals surface area (Å²) in [6.07, 6.45) is 2.17. The van der Waals surface area contributed by atoms with Gasteiger partial charge in [-0.05, 0) is 42.5 Å². The van der Waals surface area contributed by atoms with Gasteiger partial charge < -0.3 is 14.5 Å². The van der Waals surface area contributed by atoms with Gasteiger partial charge in [-0.25, -0.2) is 0 Å². The third-order valence-corrected chi connectivity index (χ3v) is 5.82. The number of aryl methyl sites for hydroxylation is 1. The number of methoxy groups -OCH3 is 1. The Kier molecular flexibility index (Phi) is 5.07. The molecule has 2 aliphatic heterocycles. The number of hydrogen-bond acceptors (Lipinski definition) is 3. The van der Waals surface area contributed by atoms with Gasteiger partial charge in [0.2, 0.25) is 11.8 Å². The number of likely N-dealkylation sites (tertiary alicyclic amines) is 1. The summed E-state index contributed by atoms with van der Waals surface area (Å²) < 4.78 is 5.56. The van der Waals surface area contributed by atoms with E-state index in [2.05, 4.69) is 6.92 Å². The average Bonchev–Trinajstić information content (AvgIpc) is 3.08. The fraction of sp³-hybridized carbons (Fsp3) is 0.391. The zero-order valence-electron chi connectivity index (χ0n) is 16.5. The second-order valence-electron chi connectivity index (χ2n) is 7.67. The molecule has 5 nitrogen and oxygen atoms in total. The molecule has 2 heterocycles. The van der Waals surface area contributed by atoms with Crippen LogP contribution < -0.4 is 9.64 Å². The minimum atomic E-state index is -0.299. The van der Waals surface area contributed by atoms with Gasteiger partial charge in [0.15, 0.2) is 0 Å². The summed E-state index contributed by atoms with van der Waals surface area (Å²) in [5.74, 6) is 0.524. The molecule has 1 saturated heterocycles. The summed E-state index contributed by atoms with van der Waals surface area (Å²) in [4.78, 5) is 29.6. The standard InChI is InChI=1S/C23H26N2O3/c1-16-10-11-20(28-2)22-19(16)9-6-12-25(22)23(27)18-13-21(26)24(15-18)14-17-7-4-3-5-8-17/h3-5,7-8,10-11,18H,6,9,12-15H2,1-2H3. The highest BCUT2D eigenvalue weighted by atomic mass is 16.5. The number of carbonyl (C=O) groups excluding carboxylic acids is 2. The molecule has 2 aliphatic rings. The van der Waals surface area contributed by atoms with Gasteiger partial charge in [0.25, 0.3) is 0 Å². The number of anilines is 1. The molecule has 1 unspecified atom stereocenters. The highest BCUT2D eigenvalue weighted by Crippen LogP contribution is 2.39. The lowest BCUT2D eigenvalue weighted by atomic mass is 9.94. The number of hydrogen-bond donors (Lipinski definition) is 0. The predicted molar refractivity (Wildman–Crippen MR) is 108 cm³/mol. The zero-order chi connectivity index (χ0) is 19.7. The Morgan fingerprint density at radius 1 is 1.18 bits per heavy atom. The molecule has 28 heavy (non-hydrogen) atoms. The minimum absolute atomic E-state index is 0.0359. The van der Waals surface area contributed by atoms with Gasteiger partial charge in [-0.2, -0.15) is 0 Å². The lowest BCUT2D eigenvalue weighted by Crippen LogP contribution is -2.41. The molecule has 0 aliphatic carbocycles. The Labute approximate surface area is 165 Å². The Bertz CT molecular complexity index is 894. The topological polar surface area (TPSA) is 49.9 Å². The van der Waals surface area contributed by atoms with Crippen molar-refractivity contribution in [2.45, 2.75) is 32.7 Å². The van der Waals surface area contributed by atoms with E-state index in [0.717, 1.165) is 29.8 Å². The van der Waals surface area contributed by atoms with Gasteiger partial charge in [-0.15, -0.1) is 0 Å². The number of carbonyl (C=O) groups is 2. The molecule has 0 spiro atoms. The van der Waals surface area contributed by atoms with Crippen LogP contribution in [0.5, 0.6) is 5.75 Å². The van der Waals surface area contributed by atoms with Gasteiger partial charge in [-0.1, -0.05) is 36.4 Å². The lowest BCUT2D eigenvalue weighted by molar-refractivity contribution is -0.128. The van der Waals surface area contributed by atoms with Gasteiger partial charge >= 0.3 is 0 Å². The van der Waals surface area contributed by atoms with Crippen molar-refractivity contribution in [1.82, 2.24) is 4.90 Å². The Balaban J connectivity index is 1.55. The highest BCUT2D eigenvalue weighted by Gasteiger charge is 2.38. The predicted octanol–water partition coefficient (Wildman–Crippen LogP) is 3.33. The molecular formula is C23H26N2O3. The average molecular weight is 378 g/mol. The molecule has 5 heteroatoms. The summed E-state index contributed by atoms with van der Waals surface area (Å²) in [6.45, 7) is 3.79. The monoisotopic (exact) mass is 378 g/mol. The summed E-state index contributed by atoms with van der Waals surface area (Å²) in [5.41, 5.74) is 4.35. The van der Waals surface area contributed by atoms with Gasteiger partial charge in [0, 0.05) is 26.1 Å². The first kappa shape index (κ1) is 18.5. The van der Waals surface area contributed by atoms with E-state index in [4.69, 9.17) is 4.74 Å². The normalized spacial score (nSPS) is 18.9. The van der Waals surface area contributed by atoms with E-state index in [0.29, 0.717) is 19.6 Å². The molecule has 0 radical (unpaired) electrons. The third-order valence-electron chi connectivity index (χ3n) is 5.82. The van der Waals surface area contributed by atoms with Gasteiger partial charge in [0.05, 0.1) is 18.7 Å². The molecule has 0 N–H and O–H groups in total. The second-order valence-corrected chi connectivity index (χ2v) is 7.67.